The predicted octanol–water partition coefficient (Wildman–Crippen LogP) is 3.94. The molecule has 0 bridgehead atoms. The van der Waals surface area contributed by atoms with Crippen molar-refractivity contribution < 1.29 is 4.79 Å². The number of hydrogen-bond acceptors (Lipinski definition) is 4. The first-order chi connectivity index (χ1) is 17.1. The van der Waals surface area contributed by atoms with E-state index in [4.69, 9.17) is 4.98 Å². The van der Waals surface area contributed by atoms with Crippen LogP contribution in [-0.4, -0.2) is 83.1 Å². The maximum Gasteiger partial charge on any atom is 0.317 e. The zero-order valence-corrected chi connectivity index (χ0v) is 20.5. The van der Waals surface area contributed by atoms with E-state index in [0.717, 1.165) is 75.1 Å². The van der Waals surface area contributed by atoms with Crippen LogP contribution in [0.3, 0.4) is 0 Å². The molecule has 2 aliphatic heterocycles. The molecule has 2 fully saturated rings. The van der Waals surface area contributed by atoms with Crippen LogP contribution >= 0.6 is 0 Å². The van der Waals surface area contributed by atoms with E-state index in [0.29, 0.717) is 12.6 Å². The number of urea groups is 1. The van der Waals surface area contributed by atoms with E-state index in [-0.39, 0.29) is 6.03 Å². The van der Waals surface area contributed by atoms with Gasteiger partial charge in [0.2, 0.25) is 0 Å². The molecular formula is C28H34N6O. The first kappa shape index (κ1) is 22.3. The summed E-state index contributed by atoms with van der Waals surface area (Å²) in [6.07, 6.45) is 9.30. The second kappa shape index (κ2) is 9.47. The van der Waals surface area contributed by atoms with Crippen molar-refractivity contribution in [2.24, 2.45) is 0 Å². The van der Waals surface area contributed by atoms with E-state index in [2.05, 4.69) is 69.8 Å². The molecule has 6 rings (SSSR count). The van der Waals surface area contributed by atoms with Crippen LogP contribution in [0.1, 0.15) is 30.4 Å². The monoisotopic (exact) mass is 470 g/mol. The van der Waals surface area contributed by atoms with Crippen LogP contribution in [0, 0.1) is 0 Å². The molecule has 182 valence electrons. The van der Waals surface area contributed by atoms with Gasteiger partial charge < -0.3 is 20.1 Å². The molecule has 0 radical (unpaired) electrons. The highest BCUT2D eigenvalue weighted by molar-refractivity contribution is 5.93. The Hall–Kier alpha value is -3.16. The van der Waals surface area contributed by atoms with Crippen LogP contribution in [0.25, 0.3) is 27.7 Å². The second-order valence-corrected chi connectivity index (χ2v) is 10.2. The number of nitrogens with one attached hydrogen (secondary N) is 2. The Kier molecular flexibility index (Phi) is 6.04. The van der Waals surface area contributed by atoms with Gasteiger partial charge in [-0.3, -0.25) is 4.90 Å². The molecule has 1 aliphatic carbocycles. The SMILES string of the molecule is CN1CCN(Cc2ccc(-c3cnc4[nH]cc(C5=CCN(C(=O)NC6CC6)CC5)c4c3)cc2)CC1. The molecule has 0 unspecified atom stereocenters. The number of nitrogens with zero attached hydrogens (tertiary/aromatic N) is 4. The molecule has 35 heavy (non-hydrogen) atoms. The van der Waals surface area contributed by atoms with Gasteiger partial charge in [0.25, 0.3) is 0 Å². The lowest BCUT2D eigenvalue weighted by Gasteiger charge is -2.32. The molecular weight excluding hydrogens is 436 g/mol. The molecule has 0 spiro atoms. The lowest BCUT2D eigenvalue weighted by atomic mass is 9.98. The Labute approximate surface area is 206 Å². The molecule has 2 N–H and O–H groups in total. The largest absolute Gasteiger partial charge is 0.346 e. The van der Waals surface area contributed by atoms with E-state index >= 15 is 0 Å². The third kappa shape index (κ3) is 4.97. The van der Waals surface area contributed by atoms with Crippen molar-refractivity contribution in [1.82, 2.24) is 30.0 Å². The second-order valence-electron chi connectivity index (χ2n) is 10.2. The summed E-state index contributed by atoms with van der Waals surface area (Å²) in [5, 5.41) is 4.24. The number of piperazine rings is 1. The third-order valence-electron chi connectivity index (χ3n) is 7.57. The topological polar surface area (TPSA) is 67.5 Å². The van der Waals surface area contributed by atoms with Gasteiger partial charge in [0.05, 0.1) is 0 Å². The number of likely N-dealkylation sites (N-methyl/N-ethyl adjacent to an activating group) is 1. The quantitative estimate of drug-likeness (QED) is 0.593. The Bertz CT molecular complexity index is 1230. The summed E-state index contributed by atoms with van der Waals surface area (Å²) in [6.45, 7) is 6.97. The lowest BCUT2D eigenvalue weighted by molar-refractivity contribution is 0.148. The van der Waals surface area contributed by atoms with Crippen LogP contribution < -0.4 is 5.32 Å². The maximum absolute atomic E-state index is 12.4. The van der Waals surface area contributed by atoms with Crippen molar-refractivity contribution in [2.75, 3.05) is 46.3 Å². The summed E-state index contributed by atoms with van der Waals surface area (Å²) in [7, 11) is 2.20. The molecule has 7 nitrogen and oxygen atoms in total. The summed E-state index contributed by atoms with van der Waals surface area (Å²) in [5.41, 5.74) is 7.07. The minimum atomic E-state index is 0.0711. The van der Waals surface area contributed by atoms with Crippen LogP contribution in [0.4, 0.5) is 4.79 Å². The number of aromatic amines is 1. The van der Waals surface area contributed by atoms with Gasteiger partial charge in [-0.05, 0) is 49.1 Å². The van der Waals surface area contributed by atoms with Crippen molar-refractivity contribution in [3.63, 3.8) is 0 Å². The van der Waals surface area contributed by atoms with Gasteiger partial charge in [0.1, 0.15) is 5.65 Å². The molecule has 1 aromatic carbocycles. The van der Waals surface area contributed by atoms with Crippen molar-refractivity contribution >= 4 is 22.6 Å². The van der Waals surface area contributed by atoms with Crippen LogP contribution in [-0.2, 0) is 6.54 Å². The number of H-pyrrole nitrogens is 1. The van der Waals surface area contributed by atoms with E-state index in [1.54, 1.807) is 0 Å². The average molecular weight is 471 g/mol. The van der Waals surface area contributed by atoms with Crippen LogP contribution in [0.2, 0.25) is 0 Å². The molecule has 2 aromatic heterocycles. The van der Waals surface area contributed by atoms with Crippen molar-refractivity contribution in [3.8, 4) is 11.1 Å². The van der Waals surface area contributed by atoms with Gasteiger partial charge in [-0.15, -0.1) is 0 Å². The molecule has 2 amide bonds. The maximum atomic E-state index is 12.4. The first-order valence-electron chi connectivity index (χ1n) is 12.8. The number of fused-ring (bicyclic) bond motifs is 1. The number of amides is 2. The van der Waals surface area contributed by atoms with Gasteiger partial charge >= 0.3 is 6.03 Å². The van der Waals surface area contributed by atoms with E-state index in [9.17, 15) is 4.79 Å². The third-order valence-corrected chi connectivity index (χ3v) is 7.57. The fourth-order valence-electron chi connectivity index (χ4n) is 5.09. The first-order valence-corrected chi connectivity index (χ1v) is 12.8. The number of carbonyl (C=O) groups is 1. The highest BCUT2D eigenvalue weighted by atomic mass is 16.2. The minimum Gasteiger partial charge on any atom is -0.346 e. The minimum absolute atomic E-state index is 0.0711. The lowest BCUT2D eigenvalue weighted by Crippen LogP contribution is -2.43. The number of hydrogen-bond donors (Lipinski definition) is 2. The van der Waals surface area contributed by atoms with Gasteiger partial charge in [0, 0.05) is 80.8 Å². The molecule has 0 atom stereocenters. The van der Waals surface area contributed by atoms with Crippen molar-refractivity contribution in [3.05, 3.63) is 59.9 Å². The van der Waals surface area contributed by atoms with Crippen LogP contribution in [0.5, 0.6) is 0 Å². The van der Waals surface area contributed by atoms with Gasteiger partial charge in [-0.1, -0.05) is 30.3 Å². The van der Waals surface area contributed by atoms with Crippen LogP contribution in [0.15, 0.2) is 48.8 Å². The molecule has 4 heterocycles. The van der Waals surface area contributed by atoms with E-state index in [1.807, 2.05) is 11.1 Å². The zero-order chi connectivity index (χ0) is 23.8. The molecule has 3 aliphatic rings. The highest BCUT2D eigenvalue weighted by Crippen LogP contribution is 2.31. The number of aromatic nitrogens is 2. The van der Waals surface area contributed by atoms with Crippen molar-refractivity contribution in [1.29, 1.82) is 0 Å². The summed E-state index contributed by atoms with van der Waals surface area (Å²) in [4.78, 5) is 27.2. The summed E-state index contributed by atoms with van der Waals surface area (Å²) in [5.74, 6) is 0. The summed E-state index contributed by atoms with van der Waals surface area (Å²) >= 11 is 0. The zero-order valence-electron chi connectivity index (χ0n) is 20.5. The summed E-state index contributed by atoms with van der Waals surface area (Å²) < 4.78 is 0. The van der Waals surface area contributed by atoms with Gasteiger partial charge in [-0.25, -0.2) is 9.78 Å². The number of benzene rings is 1. The number of carbonyl (C=O) groups excluding carboxylic acids is 1. The van der Waals surface area contributed by atoms with Crippen molar-refractivity contribution in [2.45, 2.75) is 31.8 Å². The molecule has 1 saturated carbocycles. The molecule has 7 heteroatoms. The fraction of sp³-hybridized carbons (Fsp3) is 0.429. The standard InChI is InChI=1S/C28H34N6O/c1-32-12-14-33(15-13-32)19-20-2-4-21(5-3-20)23-16-25-26(18-30-27(25)29-17-23)22-8-10-34(11-9-22)28(35)31-24-6-7-24/h2-5,8,16-18,24H,6-7,9-15,19H2,1H3,(H,29,30)(H,31,35). The number of rotatable bonds is 5. The average Bonchev–Trinajstić information content (AvgIpc) is 3.61. The fourth-order valence-corrected chi connectivity index (χ4v) is 5.09. The Balaban J connectivity index is 1.17. The van der Waals surface area contributed by atoms with Gasteiger partial charge in [-0.2, -0.15) is 0 Å². The molecule has 3 aromatic rings. The number of pyridine rings is 1. The Morgan fingerprint density at radius 1 is 1.09 bits per heavy atom. The normalized spacial score (nSPS) is 19.7. The van der Waals surface area contributed by atoms with E-state index in [1.165, 1.54) is 22.3 Å². The predicted molar refractivity (Wildman–Crippen MR) is 140 cm³/mol. The smallest absolute Gasteiger partial charge is 0.317 e. The highest BCUT2D eigenvalue weighted by Gasteiger charge is 2.27. The Morgan fingerprint density at radius 2 is 1.89 bits per heavy atom. The molecule has 1 saturated heterocycles. The Morgan fingerprint density at radius 3 is 2.60 bits per heavy atom. The van der Waals surface area contributed by atoms with Gasteiger partial charge in [0.15, 0.2) is 0 Å². The van der Waals surface area contributed by atoms with E-state index < -0.39 is 0 Å². The summed E-state index contributed by atoms with van der Waals surface area (Å²) in [6, 6.07) is 11.7.